The molecule has 0 saturated heterocycles. The Balaban J connectivity index is 3.37. The first kappa shape index (κ1) is 11.0. The lowest BCUT2D eigenvalue weighted by Gasteiger charge is -2.07. The van der Waals surface area contributed by atoms with Gasteiger partial charge in [0, 0.05) is 6.26 Å². The molecule has 0 heterocycles. The van der Waals surface area contributed by atoms with Crippen LogP contribution in [-0.2, 0) is 16.4 Å². The van der Waals surface area contributed by atoms with Crippen molar-refractivity contribution in [3.8, 4) is 5.75 Å². The molecule has 0 aromatic heterocycles. The van der Waals surface area contributed by atoms with Gasteiger partial charge in [-0.15, -0.1) is 0 Å². The summed E-state index contributed by atoms with van der Waals surface area (Å²) in [7, 11) is -1.91. The SMILES string of the molecule is COc1ccc(CO)cc1S(C)(=O)=O. The van der Waals surface area contributed by atoms with E-state index in [-0.39, 0.29) is 11.5 Å². The number of benzene rings is 1. The highest BCUT2D eigenvalue weighted by molar-refractivity contribution is 7.90. The maximum Gasteiger partial charge on any atom is 0.179 e. The number of hydrogen-bond donors (Lipinski definition) is 1. The highest BCUT2D eigenvalue weighted by atomic mass is 32.2. The molecule has 0 spiro atoms. The van der Waals surface area contributed by atoms with Crippen molar-refractivity contribution < 1.29 is 18.3 Å². The topological polar surface area (TPSA) is 63.6 Å². The van der Waals surface area contributed by atoms with Crippen LogP contribution in [0.1, 0.15) is 5.56 Å². The molecule has 0 bridgehead atoms. The van der Waals surface area contributed by atoms with E-state index in [4.69, 9.17) is 9.84 Å². The van der Waals surface area contributed by atoms with Crippen LogP contribution in [0, 0.1) is 0 Å². The molecule has 5 heteroatoms. The molecule has 0 fully saturated rings. The van der Waals surface area contributed by atoms with Crippen molar-refractivity contribution in [1.29, 1.82) is 0 Å². The van der Waals surface area contributed by atoms with Crippen molar-refractivity contribution in [2.24, 2.45) is 0 Å². The molecule has 0 saturated carbocycles. The van der Waals surface area contributed by atoms with Gasteiger partial charge in [0.25, 0.3) is 0 Å². The fourth-order valence-corrected chi connectivity index (χ4v) is 1.99. The molecule has 0 amide bonds. The fraction of sp³-hybridized carbons (Fsp3) is 0.333. The zero-order valence-electron chi connectivity index (χ0n) is 8.02. The third-order valence-corrected chi connectivity index (χ3v) is 2.93. The van der Waals surface area contributed by atoms with E-state index in [0.29, 0.717) is 11.3 Å². The Morgan fingerprint density at radius 3 is 2.50 bits per heavy atom. The Kier molecular flexibility index (Phi) is 3.13. The van der Waals surface area contributed by atoms with Crippen LogP contribution in [0.15, 0.2) is 23.1 Å². The van der Waals surface area contributed by atoms with Crippen LogP contribution in [0.3, 0.4) is 0 Å². The van der Waals surface area contributed by atoms with Gasteiger partial charge in [-0.2, -0.15) is 0 Å². The van der Waals surface area contributed by atoms with Gasteiger partial charge in [-0.25, -0.2) is 8.42 Å². The van der Waals surface area contributed by atoms with Gasteiger partial charge >= 0.3 is 0 Å². The van der Waals surface area contributed by atoms with Gasteiger partial charge < -0.3 is 9.84 Å². The number of hydrogen-bond acceptors (Lipinski definition) is 4. The molecular formula is C9H12O4S. The Hall–Kier alpha value is -1.07. The Bertz CT molecular complexity index is 422. The van der Waals surface area contributed by atoms with Gasteiger partial charge in [-0.1, -0.05) is 6.07 Å². The summed E-state index contributed by atoms with van der Waals surface area (Å²) in [4.78, 5) is 0.103. The van der Waals surface area contributed by atoms with E-state index in [1.54, 1.807) is 6.07 Å². The zero-order valence-corrected chi connectivity index (χ0v) is 8.84. The van der Waals surface area contributed by atoms with E-state index in [2.05, 4.69) is 0 Å². The van der Waals surface area contributed by atoms with Crippen molar-refractivity contribution in [2.75, 3.05) is 13.4 Å². The van der Waals surface area contributed by atoms with Gasteiger partial charge in [0.1, 0.15) is 10.6 Å². The van der Waals surface area contributed by atoms with E-state index in [0.717, 1.165) is 6.26 Å². The quantitative estimate of drug-likeness (QED) is 0.803. The standard InChI is InChI=1S/C9H12O4S/c1-13-8-4-3-7(6-10)5-9(8)14(2,11)12/h3-5,10H,6H2,1-2H3. The smallest absolute Gasteiger partial charge is 0.179 e. The number of rotatable bonds is 3. The van der Waals surface area contributed by atoms with Crippen molar-refractivity contribution in [3.63, 3.8) is 0 Å². The molecule has 0 aliphatic rings. The van der Waals surface area contributed by atoms with Crippen molar-refractivity contribution in [1.82, 2.24) is 0 Å². The van der Waals surface area contributed by atoms with Crippen LogP contribution < -0.4 is 4.74 Å². The molecule has 0 aliphatic heterocycles. The number of sulfone groups is 1. The second-order valence-corrected chi connectivity index (χ2v) is 4.90. The van der Waals surface area contributed by atoms with Gasteiger partial charge in [-0.3, -0.25) is 0 Å². The summed E-state index contributed by atoms with van der Waals surface area (Å²) in [5.74, 6) is 0.296. The first-order chi connectivity index (χ1) is 6.49. The molecule has 1 rings (SSSR count). The zero-order chi connectivity index (χ0) is 10.8. The first-order valence-corrected chi connectivity index (χ1v) is 5.86. The van der Waals surface area contributed by atoms with Crippen LogP contribution in [0.25, 0.3) is 0 Å². The second kappa shape index (κ2) is 3.98. The van der Waals surface area contributed by atoms with E-state index >= 15 is 0 Å². The monoisotopic (exact) mass is 216 g/mol. The summed E-state index contributed by atoms with van der Waals surface area (Å²) in [6.45, 7) is -0.188. The Morgan fingerprint density at radius 2 is 2.07 bits per heavy atom. The van der Waals surface area contributed by atoms with Gasteiger partial charge in [0.05, 0.1) is 13.7 Å². The lowest BCUT2D eigenvalue weighted by Crippen LogP contribution is -2.01. The summed E-state index contributed by atoms with van der Waals surface area (Å²) in [6.07, 6.45) is 1.10. The predicted molar refractivity (Wildman–Crippen MR) is 52.0 cm³/mol. The Labute approximate surface area is 83.1 Å². The van der Waals surface area contributed by atoms with Gasteiger partial charge in [0.2, 0.25) is 0 Å². The summed E-state index contributed by atoms with van der Waals surface area (Å²) in [5, 5.41) is 8.86. The molecule has 14 heavy (non-hydrogen) atoms. The van der Waals surface area contributed by atoms with E-state index < -0.39 is 9.84 Å². The van der Waals surface area contributed by atoms with E-state index in [1.807, 2.05) is 0 Å². The maximum atomic E-state index is 11.3. The Morgan fingerprint density at radius 1 is 1.43 bits per heavy atom. The molecule has 0 atom stereocenters. The van der Waals surface area contributed by atoms with E-state index in [9.17, 15) is 8.42 Å². The number of aliphatic hydroxyl groups excluding tert-OH is 1. The highest BCUT2D eigenvalue weighted by Crippen LogP contribution is 2.24. The predicted octanol–water partition coefficient (Wildman–Crippen LogP) is 0.591. The molecule has 78 valence electrons. The average Bonchev–Trinajstić information content (AvgIpc) is 2.15. The van der Waals surface area contributed by atoms with Crippen LogP contribution >= 0.6 is 0 Å². The lowest BCUT2D eigenvalue weighted by atomic mass is 10.2. The van der Waals surface area contributed by atoms with Crippen LogP contribution in [0.4, 0.5) is 0 Å². The normalized spacial score (nSPS) is 11.4. The maximum absolute atomic E-state index is 11.3. The van der Waals surface area contributed by atoms with Crippen LogP contribution in [-0.4, -0.2) is 26.9 Å². The van der Waals surface area contributed by atoms with Crippen molar-refractivity contribution in [2.45, 2.75) is 11.5 Å². The molecule has 4 nitrogen and oxygen atoms in total. The van der Waals surface area contributed by atoms with E-state index in [1.165, 1.54) is 19.2 Å². The lowest BCUT2D eigenvalue weighted by molar-refractivity contribution is 0.281. The minimum Gasteiger partial charge on any atom is -0.495 e. The summed E-state index contributed by atoms with van der Waals surface area (Å²) < 4.78 is 27.5. The first-order valence-electron chi connectivity index (χ1n) is 3.97. The van der Waals surface area contributed by atoms with Gasteiger partial charge in [0.15, 0.2) is 9.84 Å². The molecule has 0 unspecified atom stereocenters. The molecule has 1 N–H and O–H groups in total. The van der Waals surface area contributed by atoms with Crippen LogP contribution in [0.2, 0.25) is 0 Å². The van der Waals surface area contributed by atoms with Gasteiger partial charge in [-0.05, 0) is 17.7 Å². The van der Waals surface area contributed by atoms with Crippen LogP contribution in [0.5, 0.6) is 5.75 Å². The average molecular weight is 216 g/mol. The second-order valence-electron chi connectivity index (χ2n) is 2.92. The highest BCUT2D eigenvalue weighted by Gasteiger charge is 2.14. The summed E-state index contributed by atoms with van der Waals surface area (Å²) in [6, 6.07) is 4.56. The molecular weight excluding hydrogens is 204 g/mol. The van der Waals surface area contributed by atoms with Crippen molar-refractivity contribution >= 4 is 9.84 Å². The minimum absolute atomic E-state index is 0.103. The molecule has 1 aromatic carbocycles. The third kappa shape index (κ3) is 2.24. The summed E-state index contributed by atoms with van der Waals surface area (Å²) >= 11 is 0. The number of aliphatic hydroxyl groups is 1. The fourth-order valence-electron chi connectivity index (χ4n) is 1.11. The number of ether oxygens (including phenoxy) is 1. The minimum atomic E-state index is -3.31. The third-order valence-electron chi connectivity index (χ3n) is 1.81. The molecule has 0 aliphatic carbocycles. The molecule has 0 radical (unpaired) electrons. The number of methoxy groups -OCH3 is 1. The largest absolute Gasteiger partial charge is 0.495 e. The van der Waals surface area contributed by atoms with Crippen molar-refractivity contribution in [3.05, 3.63) is 23.8 Å². The summed E-state index contributed by atoms with van der Waals surface area (Å²) in [5.41, 5.74) is 0.547. The molecule has 1 aromatic rings.